The molecule has 2 N–H and O–H groups in total. The van der Waals surface area contributed by atoms with Gasteiger partial charge in [-0.3, -0.25) is 4.79 Å². The molecule has 0 rings (SSSR count). The third-order valence-corrected chi connectivity index (χ3v) is 1.27. The van der Waals surface area contributed by atoms with Crippen LogP contribution >= 0.6 is 0 Å². The molecule has 0 fully saturated rings. The number of carbonyl (C=O) groups excluding carboxylic acids is 1. The lowest BCUT2D eigenvalue weighted by Gasteiger charge is -2.12. The first kappa shape index (κ1) is 10.4. The standard InChI is InChI=1S/C9H17NO/c1-7(11)8(10)5-6-9(2,3)4/h5-6,8H,10H2,1-4H3/b6-5+. The first-order valence-electron chi connectivity index (χ1n) is 3.78. The van der Waals surface area contributed by atoms with Gasteiger partial charge in [0.25, 0.3) is 0 Å². The van der Waals surface area contributed by atoms with Crippen molar-refractivity contribution in [3.05, 3.63) is 12.2 Å². The molecule has 0 saturated carbocycles. The van der Waals surface area contributed by atoms with Gasteiger partial charge >= 0.3 is 0 Å². The first-order chi connectivity index (χ1) is 4.83. The molecule has 0 aliphatic rings. The van der Waals surface area contributed by atoms with Gasteiger partial charge in [0.05, 0.1) is 6.04 Å². The van der Waals surface area contributed by atoms with E-state index in [4.69, 9.17) is 5.73 Å². The summed E-state index contributed by atoms with van der Waals surface area (Å²) >= 11 is 0. The van der Waals surface area contributed by atoms with Crippen LogP contribution in [0, 0.1) is 5.41 Å². The number of carbonyl (C=O) groups is 1. The van der Waals surface area contributed by atoms with E-state index in [1.165, 1.54) is 6.92 Å². The van der Waals surface area contributed by atoms with Crippen LogP contribution in [0.2, 0.25) is 0 Å². The quantitative estimate of drug-likeness (QED) is 0.614. The third-order valence-electron chi connectivity index (χ3n) is 1.27. The largest absolute Gasteiger partial charge is 0.318 e. The van der Waals surface area contributed by atoms with Crippen LogP contribution in [0.1, 0.15) is 27.7 Å². The molecule has 0 aromatic carbocycles. The summed E-state index contributed by atoms with van der Waals surface area (Å²) in [4.78, 5) is 10.7. The van der Waals surface area contributed by atoms with Crippen LogP contribution in [-0.4, -0.2) is 11.8 Å². The van der Waals surface area contributed by atoms with E-state index < -0.39 is 6.04 Å². The lowest BCUT2D eigenvalue weighted by atomic mass is 9.95. The maximum absolute atomic E-state index is 10.7. The van der Waals surface area contributed by atoms with Crippen LogP contribution in [-0.2, 0) is 4.79 Å². The van der Waals surface area contributed by atoms with Gasteiger partial charge in [0.15, 0.2) is 0 Å². The van der Waals surface area contributed by atoms with Gasteiger partial charge in [0.2, 0.25) is 0 Å². The number of ketones is 1. The van der Waals surface area contributed by atoms with E-state index in [9.17, 15) is 4.79 Å². The fourth-order valence-corrected chi connectivity index (χ4v) is 0.528. The van der Waals surface area contributed by atoms with Crippen LogP contribution < -0.4 is 5.73 Å². The smallest absolute Gasteiger partial charge is 0.150 e. The first-order valence-corrected chi connectivity index (χ1v) is 3.78. The topological polar surface area (TPSA) is 43.1 Å². The van der Waals surface area contributed by atoms with Crippen LogP contribution in [0.5, 0.6) is 0 Å². The summed E-state index contributed by atoms with van der Waals surface area (Å²) in [6, 6.07) is -0.436. The molecule has 0 aliphatic heterocycles. The predicted molar refractivity (Wildman–Crippen MR) is 47.3 cm³/mol. The van der Waals surface area contributed by atoms with Crippen molar-refractivity contribution in [1.82, 2.24) is 0 Å². The monoisotopic (exact) mass is 155 g/mol. The van der Waals surface area contributed by atoms with Crippen molar-refractivity contribution in [3.8, 4) is 0 Å². The summed E-state index contributed by atoms with van der Waals surface area (Å²) in [5.41, 5.74) is 5.59. The van der Waals surface area contributed by atoms with Crippen LogP contribution in [0.3, 0.4) is 0 Å². The SMILES string of the molecule is CC(=O)C(N)/C=C/C(C)(C)C. The van der Waals surface area contributed by atoms with E-state index >= 15 is 0 Å². The minimum absolute atomic E-state index is 0.00509. The number of hydrogen-bond acceptors (Lipinski definition) is 2. The van der Waals surface area contributed by atoms with Gasteiger partial charge in [0.1, 0.15) is 5.78 Å². The van der Waals surface area contributed by atoms with E-state index in [0.29, 0.717) is 0 Å². The van der Waals surface area contributed by atoms with Crippen molar-refractivity contribution in [3.63, 3.8) is 0 Å². The van der Waals surface area contributed by atoms with Gasteiger partial charge < -0.3 is 5.73 Å². The molecule has 2 heteroatoms. The molecule has 1 atom stereocenters. The number of hydrogen-bond donors (Lipinski definition) is 1. The Morgan fingerprint density at radius 3 is 2.18 bits per heavy atom. The molecular weight excluding hydrogens is 138 g/mol. The van der Waals surface area contributed by atoms with E-state index in [0.717, 1.165) is 0 Å². The molecule has 2 nitrogen and oxygen atoms in total. The molecule has 11 heavy (non-hydrogen) atoms. The minimum Gasteiger partial charge on any atom is -0.318 e. The van der Waals surface area contributed by atoms with Crippen LogP contribution in [0.15, 0.2) is 12.2 Å². The molecule has 1 unspecified atom stereocenters. The molecule has 0 spiro atoms. The Kier molecular flexibility index (Phi) is 3.46. The maximum atomic E-state index is 10.7. The van der Waals surface area contributed by atoms with E-state index in [1.807, 2.05) is 6.08 Å². The zero-order chi connectivity index (χ0) is 9.07. The second-order valence-electron chi connectivity index (χ2n) is 3.86. The lowest BCUT2D eigenvalue weighted by Crippen LogP contribution is -2.25. The van der Waals surface area contributed by atoms with Crippen LogP contribution in [0.4, 0.5) is 0 Å². The highest BCUT2D eigenvalue weighted by Crippen LogP contribution is 2.14. The average Bonchev–Trinajstić information content (AvgIpc) is 1.80. The molecule has 0 aromatic heterocycles. The summed E-state index contributed by atoms with van der Waals surface area (Å²) < 4.78 is 0. The molecule has 0 aromatic rings. The Balaban J connectivity index is 4.04. The molecule has 0 saturated heterocycles. The normalized spacial score (nSPS) is 15.4. The van der Waals surface area contributed by atoms with Gasteiger partial charge in [-0.25, -0.2) is 0 Å². The van der Waals surface area contributed by atoms with Gasteiger partial charge in [-0.2, -0.15) is 0 Å². The number of nitrogens with two attached hydrogens (primary N) is 1. The summed E-state index contributed by atoms with van der Waals surface area (Å²) in [6.45, 7) is 7.70. The number of rotatable bonds is 2. The Hall–Kier alpha value is -0.630. The Morgan fingerprint density at radius 2 is 1.91 bits per heavy atom. The molecule has 0 amide bonds. The minimum atomic E-state index is -0.436. The predicted octanol–water partition coefficient (Wildman–Crippen LogP) is 1.50. The average molecular weight is 155 g/mol. The maximum Gasteiger partial charge on any atom is 0.150 e. The zero-order valence-corrected chi connectivity index (χ0v) is 7.72. The van der Waals surface area contributed by atoms with Crippen LogP contribution in [0.25, 0.3) is 0 Å². The van der Waals surface area contributed by atoms with E-state index in [1.54, 1.807) is 6.08 Å². The van der Waals surface area contributed by atoms with Crippen molar-refractivity contribution in [2.75, 3.05) is 0 Å². The Morgan fingerprint density at radius 1 is 1.45 bits per heavy atom. The van der Waals surface area contributed by atoms with Crippen molar-refractivity contribution in [2.45, 2.75) is 33.7 Å². The van der Waals surface area contributed by atoms with Gasteiger partial charge in [-0.15, -0.1) is 0 Å². The lowest BCUT2D eigenvalue weighted by molar-refractivity contribution is -0.117. The van der Waals surface area contributed by atoms with Crippen molar-refractivity contribution in [1.29, 1.82) is 0 Å². The Bertz CT molecular complexity index is 165. The molecule has 0 radical (unpaired) electrons. The highest BCUT2D eigenvalue weighted by molar-refractivity contribution is 5.83. The van der Waals surface area contributed by atoms with E-state index in [-0.39, 0.29) is 11.2 Å². The highest BCUT2D eigenvalue weighted by Gasteiger charge is 2.07. The molecule has 0 aliphatic carbocycles. The number of Topliss-reactive ketones (excluding diaryl/α,β-unsaturated/α-hetero) is 1. The highest BCUT2D eigenvalue weighted by atomic mass is 16.1. The van der Waals surface area contributed by atoms with E-state index in [2.05, 4.69) is 20.8 Å². The molecule has 64 valence electrons. The van der Waals surface area contributed by atoms with Gasteiger partial charge in [0, 0.05) is 0 Å². The second-order valence-corrected chi connectivity index (χ2v) is 3.86. The Labute approximate surface area is 68.5 Å². The number of allylic oxidation sites excluding steroid dienone is 1. The fraction of sp³-hybridized carbons (Fsp3) is 0.667. The van der Waals surface area contributed by atoms with Crippen molar-refractivity contribution in [2.24, 2.45) is 11.1 Å². The molecule has 0 bridgehead atoms. The summed E-state index contributed by atoms with van der Waals surface area (Å²) in [5.74, 6) is 0.00509. The summed E-state index contributed by atoms with van der Waals surface area (Å²) in [7, 11) is 0. The summed E-state index contributed by atoms with van der Waals surface area (Å²) in [6.07, 6.45) is 3.71. The van der Waals surface area contributed by atoms with Crippen molar-refractivity contribution >= 4 is 5.78 Å². The second kappa shape index (κ2) is 3.67. The zero-order valence-electron chi connectivity index (χ0n) is 7.72. The molecular formula is C9H17NO. The fourth-order valence-electron chi connectivity index (χ4n) is 0.528. The third kappa shape index (κ3) is 5.80. The van der Waals surface area contributed by atoms with Gasteiger partial charge in [-0.05, 0) is 12.3 Å². The molecule has 0 heterocycles. The van der Waals surface area contributed by atoms with Gasteiger partial charge in [-0.1, -0.05) is 32.9 Å². The van der Waals surface area contributed by atoms with Crippen molar-refractivity contribution < 1.29 is 4.79 Å². The summed E-state index contributed by atoms with van der Waals surface area (Å²) in [5, 5.41) is 0.